The van der Waals surface area contributed by atoms with Gasteiger partial charge in [-0.25, -0.2) is 0 Å². The number of hydrogen-bond acceptors (Lipinski definition) is 1. The topological polar surface area (TPSA) is 3.24 Å². The lowest BCUT2D eigenvalue weighted by Crippen LogP contribution is -2.37. The molecule has 0 amide bonds. The molecule has 1 saturated heterocycles. The predicted molar refractivity (Wildman–Crippen MR) is 54.8 cm³/mol. The van der Waals surface area contributed by atoms with Crippen molar-refractivity contribution in [2.75, 3.05) is 20.1 Å². The maximum atomic E-state index is 2.51. The second-order valence-corrected chi connectivity index (χ2v) is 4.36. The maximum absolute atomic E-state index is 2.51. The Kier molecular flexibility index (Phi) is 3.85. The fraction of sp³-hybridized carbons (Fsp3) is 1.00. The van der Waals surface area contributed by atoms with Gasteiger partial charge in [-0.3, -0.25) is 0 Å². The van der Waals surface area contributed by atoms with Crippen molar-refractivity contribution in [2.24, 2.45) is 11.8 Å². The first-order valence-corrected chi connectivity index (χ1v) is 5.05. The molecule has 1 heterocycles. The lowest BCUT2D eigenvalue weighted by molar-refractivity contribution is 0.112. The molecule has 0 bridgehead atoms. The zero-order valence-corrected chi connectivity index (χ0v) is 8.78. The molecule has 1 aliphatic carbocycles. The molecule has 72 valence electrons. The van der Waals surface area contributed by atoms with Crippen LogP contribution in [0.15, 0.2) is 0 Å². The quantitative estimate of drug-likeness (QED) is 0.613. The van der Waals surface area contributed by atoms with Gasteiger partial charge in [0.15, 0.2) is 0 Å². The van der Waals surface area contributed by atoms with E-state index in [1.165, 1.54) is 45.2 Å². The second kappa shape index (κ2) is 4.48. The van der Waals surface area contributed by atoms with Gasteiger partial charge in [0.25, 0.3) is 0 Å². The van der Waals surface area contributed by atoms with Crippen molar-refractivity contribution in [3.8, 4) is 0 Å². The van der Waals surface area contributed by atoms with Gasteiger partial charge in [-0.15, -0.1) is 12.4 Å². The summed E-state index contributed by atoms with van der Waals surface area (Å²) in [6.07, 6.45) is 7.51. The number of hydrogen-bond donors (Lipinski definition) is 0. The first kappa shape index (κ1) is 10.3. The van der Waals surface area contributed by atoms with Crippen LogP contribution in [-0.4, -0.2) is 25.0 Å². The number of likely N-dealkylation sites (tertiary alicyclic amines) is 1. The average Bonchev–Trinajstić information content (AvgIpc) is 1.83. The van der Waals surface area contributed by atoms with E-state index in [1.807, 2.05) is 0 Å². The van der Waals surface area contributed by atoms with E-state index in [0.29, 0.717) is 0 Å². The van der Waals surface area contributed by atoms with Crippen LogP contribution in [0.25, 0.3) is 0 Å². The predicted octanol–water partition coefficient (Wildman–Crippen LogP) is 2.55. The Bertz CT molecular complexity index is 134. The highest BCUT2D eigenvalue weighted by molar-refractivity contribution is 5.85. The zero-order chi connectivity index (χ0) is 7.68. The Morgan fingerprint density at radius 2 is 1.67 bits per heavy atom. The summed E-state index contributed by atoms with van der Waals surface area (Å²) >= 11 is 0. The largest absolute Gasteiger partial charge is 0.306 e. The van der Waals surface area contributed by atoms with E-state index in [9.17, 15) is 0 Å². The van der Waals surface area contributed by atoms with Crippen molar-refractivity contribution in [1.82, 2.24) is 4.90 Å². The van der Waals surface area contributed by atoms with Gasteiger partial charge in [-0.1, -0.05) is 19.3 Å². The molecule has 1 atom stereocenters. The second-order valence-electron chi connectivity index (χ2n) is 4.36. The summed E-state index contributed by atoms with van der Waals surface area (Å²) in [7, 11) is 2.27. The van der Waals surface area contributed by atoms with E-state index in [0.717, 1.165) is 11.8 Å². The van der Waals surface area contributed by atoms with Crippen molar-refractivity contribution < 1.29 is 0 Å². The standard InChI is InChI=1S/C10H19N.ClH/c1-11-7-3-6-10(8-11)9-4-2-5-9;/h9-10H,2-8H2,1H3;1H. The number of nitrogens with zero attached hydrogens (tertiary/aromatic N) is 1. The molecule has 0 aromatic carbocycles. The molecular formula is C10H20ClN. The Hall–Kier alpha value is 0.250. The van der Waals surface area contributed by atoms with E-state index < -0.39 is 0 Å². The van der Waals surface area contributed by atoms with Gasteiger partial charge >= 0.3 is 0 Å². The summed E-state index contributed by atoms with van der Waals surface area (Å²) in [6.45, 7) is 2.72. The Balaban J connectivity index is 0.000000720. The van der Waals surface area contributed by atoms with Crippen molar-refractivity contribution in [2.45, 2.75) is 32.1 Å². The molecule has 2 rings (SSSR count). The van der Waals surface area contributed by atoms with Crippen LogP contribution in [0.5, 0.6) is 0 Å². The molecule has 1 nitrogen and oxygen atoms in total. The van der Waals surface area contributed by atoms with Crippen molar-refractivity contribution in [3.05, 3.63) is 0 Å². The molecule has 12 heavy (non-hydrogen) atoms. The van der Waals surface area contributed by atoms with Gasteiger partial charge in [0.05, 0.1) is 0 Å². The summed E-state index contributed by atoms with van der Waals surface area (Å²) in [5, 5.41) is 0. The third-order valence-electron chi connectivity index (χ3n) is 3.48. The van der Waals surface area contributed by atoms with Gasteiger partial charge < -0.3 is 4.90 Å². The van der Waals surface area contributed by atoms with Crippen LogP contribution in [0, 0.1) is 11.8 Å². The lowest BCUT2D eigenvalue weighted by atomic mass is 9.73. The number of halogens is 1. The van der Waals surface area contributed by atoms with Crippen LogP contribution in [-0.2, 0) is 0 Å². The third-order valence-corrected chi connectivity index (χ3v) is 3.48. The Morgan fingerprint density at radius 1 is 1.00 bits per heavy atom. The van der Waals surface area contributed by atoms with Crippen molar-refractivity contribution in [3.63, 3.8) is 0 Å². The number of piperidine rings is 1. The molecule has 2 aliphatic rings. The van der Waals surface area contributed by atoms with Gasteiger partial charge in [0, 0.05) is 6.54 Å². The smallest absolute Gasteiger partial charge is 0.000926 e. The molecule has 0 spiro atoms. The van der Waals surface area contributed by atoms with Crippen LogP contribution in [0.2, 0.25) is 0 Å². The molecule has 0 aromatic heterocycles. The zero-order valence-electron chi connectivity index (χ0n) is 7.96. The Labute approximate surface area is 81.9 Å². The normalized spacial score (nSPS) is 32.2. The summed E-state index contributed by atoms with van der Waals surface area (Å²) in [6, 6.07) is 0. The highest BCUT2D eigenvalue weighted by Crippen LogP contribution is 2.37. The van der Waals surface area contributed by atoms with E-state index in [4.69, 9.17) is 0 Å². The SMILES string of the molecule is CN1CCCC(C2CCC2)C1.Cl. The van der Waals surface area contributed by atoms with Crippen molar-refractivity contribution >= 4 is 12.4 Å². The van der Waals surface area contributed by atoms with E-state index in [1.54, 1.807) is 0 Å². The van der Waals surface area contributed by atoms with Gasteiger partial charge in [-0.2, -0.15) is 0 Å². The highest BCUT2D eigenvalue weighted by atomic mass is 35.5. The average molecular weight is 190 g/mol. The monoisotopic (exact) mass is 189 g/mol. The number of rotatable bonds is 1. The summed E-state index contributed by atoms with van der Waals surface area (Å²) < 4.78 is 0. The summed E-state index contributed by atoms with van der Waals surface area (Å²) in [5.41, 5.74) is 0. The molecule has 1 aliphatic heterocycles. The first-order valence-electron chi connectivity index (χ1n) is 5.05. The molecule has 0 N–H and O–H groups in total. The van der Waals surface area contributed by atoms with E-state index in [-0.39, 0.29) is 12.4 Å². The van der Waals surface area contributed by atoms with Crippen LogP contribution < -0.4 is 0 Å². The molecular weight excluding hydrogens is 170 g/mol. The minimum atomic E-state index is 0. The Morgan fingerprint density at radius 3 is 2.17 bits per heavy atom. The van der Waals surface area contributed by atoms with Crippen LogP contribution in [0.4, 0.5) is 0 Å². The fourth-order valence-electron chi connectivity index (χ4n) is 2.50. The minimum Gasteiger partial charge on any atom is -0.306 e. The van der Waals surface area contributed by atoms with E-state index >= 15 is 0 Å². The van der Waals surface area contributed by atoms with Gasteiger partial charge in [0.2, 0.25) is 0 Å². The van der Waals surface area contributed by atoms with Crippen LogP contribution in [0.3, 0.4) is 0 Å². The lowest BCUT2D eigenvalue weighted by Gasteiger charge is -2.39. The van der Waals surface area contributed by atoms with E-state index in [2.05, 4.69) is 11.9 Å². The first-order chi connectivity index (χ1) is 5.36. The minimum absolute atomic E-state index is 0. The molecule has 0 aromatic rings. The highest BCUT2D eigenvalue weighted by Gasteiger charge is 2.29. The maximum Gasteiger partial charge on any atom is 0.000926 e. The third kappa shape index (κ3) is 2.14. The van der Waals surface area contributed by atoms with Crippen LogP contribution >= 0.6 is 12.4 Å². The van der Waals surface area contributed by atoms with Crippen LogP contribution in [0.1, 0.15) is 32.1 Å². The van der Waals surface area contributed by atoms with Gasteiger partial charge in [0.1, 0.15) is 0 Å². The van der Waals surface area contributed by atoms with Gasteiger partial charge in [-0.05, 0) is 38.3 Å². The molecule has 2 fully saturated rings. The fourth-order valence-corrected chi connectivity index (χ4v) is 2.50. The molecule has 2 heteroatoms. The molecule has 1 unspecified atom stereocenters. The summed E-state index contributed by atoms with van der Waals surface area (Å²) in [4.78, 5) is 2.51. The summed E-state index contributed by atoms with van der Waals surface area (Å²) in [5.74, 6) is 2.17. The molecule has 1 saturated carbocycles. The molecule has 0 radical (unpaired) electrons. The van der Waals surface area contributed by atoms with Crippen molar-refractivity contribution in [1.29, 1.82) is 0 Å².